The third kappa shape index (κ3) is 3.04. The van der Waals surface area contributed by atoms with Gasteiger partial charge in [-0.25, -0.2) is 0 Å². The molecule has 1 aromatic carbocycles. The van der Waals surface area contributed by atoms with Crippen molar-refractivity contribution in [3.8, 4) is 5.75 Å². The zero-order chi connectivity index (χ0) is 15.0. The minimum atomic E-state index is -0.509. The maximum Gasteiger partial charge on any atom is 0.177 e. The van der Waals surface area contributed by atoms with Gasteiger partial charge in [-0.05, 0) is 35.0 Å². The highest BCUT2D eigenvalue weighted by Crippen LogP contribution is 2.41. The number of carbonyl (C=O) groups is 1. The summed E-state index contributed by atoms with van der Waals surface area (Å²) in [6, 6.07) is 3.75. The molecule has 0 amide bonds. The lowest BCUT2D eigenvalue weighted by atomic mass is 9.80. The summed E-state index contributed by atoms with van der Waals surface area (Å²) in [5.74, 6) is 0.805. The number of hydrogen-bond donors (Lipinski definition) is 0. The minimum absolute atomic E-state index is 0.150. The number of fused-ring (bicyclic) bond motifs is 1. The van der Waals surface area contributed by atoms with E-state index in [1.807, 2.05) is 19.1 Å². The van der Waals surface area contributed by atoms with Crippen molar-refractivity contribution in [1.29, 1.82) is 0 Å². The van der Waals surface area contributed by atoms with Gasteiger partial charge in [0.1, 0.15) is 12.4 Å². The summed E-state index contributed by atoms with van der Waals surface area (Å²) in [5.41, 5.74) is 0.142. The number of benzene rings is 1. The normalized spacial score (nSPS) is 26.3. The Kier molecular flexibility index (Phi) is 4.41. The number of ketones is 1. The van der Waals surface area contributed by atoms with Gasteiger partial charge in [-0.1, -0.05) is 15.9 Å². The molecule has 4 nitrogen and oxygen atoms in total. The molecule has 0 unspecified atom stereocenters. The first-order chi connectivity index (χ1) is 9.99. The summed E-state index contributed by atoms with van der Waals surface area (Å²) in [6.07, 6.45) is 0. The number of carbonyl (C=O) groups excluding carboxylic acids is 1. The molecular weight excluding hydrogens is 402 g/mol. The van der Waals surface area contributed by atoms with E-state index in [9.17, 15) is 4.79 Å². The zero-order valence-corrected chi connectivity index (χ0v) is 15.0. The number of ether oxygens (including phenoxy) is 2. The highest BCUT2D eigenvalue weighted by Gasteiger charge is 2.42. The molecule has 2 aliphatic heterocycles. The summed E-state index contributed by atoms with van der Waals surface area (Å²) in [7, 11) is 0. The monoisotopic (exact) mass is 417 g/mol. The fourth-order valence-electron chi connectivity index (χ4n) is 2.87. The molecule has 0 aliphatic carbocycles. The van der Waals surface area contributed by atoms with Gasteiger partial charge >= 0.3 is 0 Å². The molecule has 0 bridgehead atoms. The Bertz CT molecular complexity index is 572. The van der Waals surface area contributed by atoms with Crippen LogP contribution >= 0.6 is 31.9 Å². The van der Waals surface area contributed by atoms with Gasteiger partial charge in [0.2, 0.25) is 0 Å². The fourth-order valence-corrected chi connectivity index (χ4v) is 4.21. The third-order valence-corrected chi connectivity index (χ3v) is 5.06. The van der Waals surface area contributed by atoms with E-state index in [-0.39, 0.29) is 5.78 Å². The molecule has 2 aliphatic rings. The highest BCUT2D eigenvalue weighted by molar-refractivity contribution is 9.11. The van der Waals surface area contributed by atoms with Gasteiger partial charge in [0.25, 0.3) is 0 Å². The molecule has 2 heterocycles. The van der Waals surface area contributed by atoms with Gasteiger partial charge in [-0.15, -0.1) is 0 Å². The van der Waals surface area contributed by atoms with Gasteiger partial charge in [0, 0.05) is 24.1 Å². The van der Waals surface area contributed by atoms with Crippen LogP contribution in [0, 0.1) is 5.41 Å². The number of hydrogen-bond acceptors (Lipinski definition) is 4. The lowest BCUT2D eigenvalue weighted by molar-refractivity contribution is 0.00815. The van der Waals surface area contributed by atoms with E-state index >= 15 is 0 Å². The van der Waals surface area contributed by atoms with Crippen molar-refractivity contribution in [2.45, 2.75) is 6.92 Å². The van der Waals surface area contributed by atoms with Crippen molar-refractivity contribution < 1.29 is 14.3 Å². The lowest BCUT2D eigenvalue weighted by Gasteiger charge is -2.38. The first-order valence-corrected chi connectivity index (χ1v) is 8.55. The molecule has 0 saturated carbocycles. The Morgan fingerprint density at radius 2 is 2.00 bits per heavy atom. The molecule has 1 fully saturated rings. The van der Waals surface area contributed by atoms with Crippen molar-refractivity contribution in [2.24, 2.45) is 5.41 Å². The first kappa shape index (κ1) is 15.5. The van der Waals surface area contributed by atoms with E-state index in [0.717, 1.165) is 35.2 Å². The van der Waals surface area contributed by atoms with Gasteiger partial charge in [0.05, 0.1) is 28.7 Å². The summed E-state index contributed by atoms with van der Waals surface area (Å²) in [5, 5.41) is 0. The van der Waals surface area contributed by atoms with Crippen molar-refractivity contribution in [1.82, 2.24) is 4.90 Å². The molecule has 1 atom stereocenters. The highest BCUT2D eigenvalue weighted by atomic mass is 79.9. The average Bonchev–Trinajstić information content (AvgIpc) is 2.44. The van der Waals surface area contributed by atoms with E-state index in [1.54, 1.807) is 0 Å². The zero-order valence-electron chi connectivity index (χ0n) is 11.8. The Balaban J connectivity index is 1.86. The summed E-state index contributed by atoms with van der Waals surface area (Å²) in [4.78, 5) is 15.2. The van der Waals surface area contributed by atoms with Crippen molar-refractivity contribution in [2.75, 3.05) is 39.5 Å². The molecule has 0 aromatic heterocycles. The van der Waals surface area contributed by atoms with Gasteiger partial charge < -0.3 is 9.47 Å². The van der Waals surface area contributed by atoms with Crippen LogP contribution in [0.15, 0.2) is 21.1 Å². The minimum Gasteiger partial charge on any atom is -0.491 e. The van der Waals surface area contributed by atoms with E-state index in [1.165, 1.54) is 0 Å². The molecule has 0 N–H and O–H groups in total. The number of halogens is 2. The van der Waals surface area contributed by atoms with Crippen LogP contribution in [0.3, 0.4) is 0 Å². The Morgan fingerprint density at radius 1 is 1.29 bits per heavy atom. The van der Waals surface area contributed by atoms with Crippen LogP contribution in [-0.2, 0) is 4.74 Å². The summed E-state index contributed by atoms with van der Waals surface area (Å²) in [6.45, 7) is 6.32. The predicted molar refractivity (Wildman–Crippen MR) is 87.0 cm³/mol. The predicted octanol–water partition coefficient (Wildman–Crippen LogP) is 3.13. The lowest BCUT2D eigenvalue weighted by Crippen LogP contribution is -2.50. The Labute approximate surface area is 141 Å². The second kappa shape index (κ2) is 5.99. The molecule has 1 aromatic rings. The number of morpholine rings is 1. The largest absolute Gasteiger partial charge is 0.491 e. The fraction of sp³-hybridized carbons (Fsp3) is 0.533. The van der Waals surface area contributed by atoms with Crippen LogP contribution in [0.5, 0.6) is 5.75 Å². The SMILES string of the molecule is C[C@@]1(CN2CCOCC2)COc2c(Br)cc(Br)cc2C1=O. The molecule has 0 spiro atoms. The van der Waals surface area contributed by atoms with E-state index in [2.05, 4.69) is 36.8 Å². The molecule has 114 valence electrons. The Hall–Kier alpha value is -0.430. The topological polar surface area (TPSA) is 38.8 Å². The second-order valence-electron chi connectivity index (χ2n) is 5.83. The molecular formula is C15H17Br2NO3. The molecule has 21 heavy (non-hydrogen) atoms. The first-order valence-electron chi connectivity index (χ1n) is 6.96. The molecule has 1 saturated heterocycles. The number of rotatable bonds is 2. The van der Waals surface area contributed by atoms with Crippen LogP contribution in [0.2, 0.25) is 0 Å². The van der Waals surface area contributed by atoms with Crippen LogP contribution in [-0.4, -0.2) is 50.1 Å². The van der Waals surface area contributed by atoms with Crippen LogP contribution in [0.4, 0.5) is 0 Å². The van der Waals surface area contributed by atoms with Crippen molar-refractivity contribution in [3.05, 3.63) is 26.6 Å². The van der Waals surface area contributed by atoms with E-state index in [0.29, 0.717) is 24.5 Å². The molecule has 6 heteroatoms. The molecule has 0 radical (unpaired) electrons. The average molecular weight is 419 g/mol. The van der Waals surface area contributed by atoms with E-state index in [4.69, 9.17) is 9.47 Å². The van der Waals surface area contributed by atoms with Gasteiger partial charge in [-0.3, -0.25) is 9.69 Å². The number of Topliss-reactive ketones (excluding diaryl/α,β-unsaturated/α-hetero) is 1. The second-order valence-corrected chi connectivity index (χ2v) is 7.60. The summed E-state index contributed by atoms with van der Waals surface area (Å²) < 4.78 is 12.9. The number of nitrogens with zero attached hydrogens (tertiary/aromatic N) is 1. The van der Waals surface area contributed by atoms with Crippen LogP contribution < -0.4 is 4.74 Å². The quantitative estimate of drug-likeness (QED) is 0.739. The van der Waals surface area contributed by atoms with Gasteiger partial charge in [0.15, 0.2) is 5.78 Å². The third-order valence-electron chi connectivity index (χ3n) is 4.01. The van der Waals surface area contributed by atoms with Gasteiger partial charge in [-0.2, -0.15) is 0 Å². The maximum atomic E-state index is 12.9. The molecule has 3 rings (SSSR count). The van der Waals surface area contributed by atoms with Crippen molar-refractivity contribution in [3.63, 3.8) is 0 Å². The standard InChI is InChI=1S/C15H17Br2NO3/c1-15(8-18-2-4-20-5-3-18)9-21-13-11(14(15)19)6-10(16)7-12(13)17/h6-7H,2-5,8-9H2,1H3/t15-/m1/s1. The maximum absolute atomic E-state index is 12.9. The van der Waals surface area contributed by atoms with Crippen LogP contribution in [0.25, 0.3) is 0 Å². The summed E-state index contributed by atoms with van der Waals surface area (Å²) >= 11 is 6.90. The Morgan fingerprint density at radius 3 is 2.71 bits per heavy atom. The van der Waals surface area contributed by atoms with E-state index < -0.39 is 5.41 Å². The smallest absolute Gasteiger partial charge is 0.177 e. The van der Waals surface area contributed by atoms with Crippen LogP contribution in [0.1, 0.15) is 17.3 Å². The van der Waals surface area contributed by atoms with Crippen molar-refractivity contribution >= 4 is 37.6 Å².